The largest absolute Gasteiger partial charge is 0.383 e. The Morgan fingerprint density at radius 2 is 2.38 bits per heavy atom. The molecule has 0 saturated heterocycles. The van der Waals surface area contributed by atoms with Crippen LogP contribution >= 0.6 is 0 Å². The molecule has 2 heterocycles. The molecule has 1 atom stereocenters. The summed E-state index contributed by atoms with van der Waals surface area (Å²) >= 11 is 0. The normalized spacial score (nSPS) is 13.1. The Morgan fingerprint density at radius 3 is 3.06 bits per heavy atom. The van der Waals surface area contributed by atoms with E-state index in [0.717, 1.165) is 0 Å². The van der Waals surface area contributed by atoms with Crippen molar-refractivity contribution in [2.45, 2.75) is 12.6 Å². The van der Waals surface area contributed by atoms with E-state index < -0.39 is 0 Å². The van der Waals surface area contributed by atoms with Crippen LogP contribution in [0.15, 0.2) is 29.2 Å². The molecule has 0 aliphatic carbocycles. The van der Waals surface area contributed by atoms with E-state index in [1.54, 1.807) is 25.4 Å². The van der Waals surface area contributed by atoms with Crippen molar-refractivity contribution in [2.24, 2.45) is 5.73 Å². The van der Waals surface area contributed by atoms with Gasteiger partial charge >= 0.3 is 5.69 Å². The summed E-state index contributed by atoms with van der Waals surface area (Å²) < 4.78 is 7.76. The minimum absolute atomic E-state index is 0.179. The number of fused-ring (bicyclic) bond motifs is 1. The zero-order chi connectivity index (χ0) is 11.5. The number of hydrogen-bond acceptors (Lipinski definition) is 4. The first-order chi connectivity index (χ1) is 7.72. The molecule has 0 amide bonds. The number of pyridine rings is 1. The third kappa shape index (κ3) is 1.98. The molecule has 1 unspecified atom stereocenters. The highest BCUT2D eigenvalue weighted by Crippen LogP contribution is 1.95. The fourth-order valence-corrected chi connectivity index (χ4v) is 1.58. The van der Waals surface area contributed by atoms with Crippen LogP contribution in [0.5, 0.6) is 0 Å². The molecular weight excluding hydrogens is 208 g/mol. The predicted octanol–water partition coefficient (Wildman–Crippen LogP) is -0.530. The number of nitrogens with two attached hydrogens (primary N) is 1. The lowest BCUT2D eigenvalue weighted by molar-refractivity contribution is 0.171. The van der Waals surface area contributed by atoms with Gasteiger partial charge in [-0.25, -0.2) is 9.48 Å². The van der Waals surface area contributed by atoms with Crippen LogP contribution in [0.4, 0.5) is 0 Å². The van der Waals surface area contributed by atoms with Gasteiger partial charge in [0.2, 0.25) is 0 Å². The highest BCUT2D eigenvalue weighted by molar-refractivity contribution is 5.35. The van der Waals surface area contributed by atoms with E-state index in [2.05, 4.69) is 5.10 Å². The first-order valence-electron chi connectivity index (χ1n) is 5.01. The van der Waals surface area contributed by atoms with Gasteiger partial charge in [-0.15, -0.1) is 5.10 Å². The summed E-state index contributed by atoms with van der Waals surface area (Å²) in [6.45, 7) is 0.759. The Kier molecular flexibility index (Phi) is 3.02. The van der Waals surface area contributed by atoms with Crippen LogP contribution in [0.3, 0.4) is 0 Å². The molecule has 2 rings (SSSR count). The maximum atomic E-state index is 11.8. The highest BCUT2D eigenvalue weighted by Gasteiger charge is 2.09. The van der Waals surface area contributed by atoms with Gasteiger partial charge in [0.05, 0.1) is 13.2 Å². The summed E-state index contributed by atoms with van der Waals surface area (Å²) in [5, 5.41) is 4.17. The molecule has 0 aliphatic heterocycles. The van der Waals surface area contributed by atoms with Crippen molar-refractivity contribution in [3.8, 4) is 0 Å². The Hall–Kier alpha value is -1.66. The van der Waals surface area contributed by atoms with Crippen molar-refractivity contribution in [1.82, 2.24) is 14.2 Å². The molecule has 2 aromatic heterocycles. The predicted molar refractivity (Wildman–Crippen MR) is 59.3 cm³/mol. The number of methoxy groups -OCH3 is 1. The average molecular weight is 222 g/mol. The SMILES string of the molecule is COCC(N)Cn1nc2ccccn2c1=O. The first kappa shape index (κ1) is 10.8. The second-order valence-corrected chi connectivity index (χ2v) is 3.61. The third-order valence-electron chi connectivity index (χ3n) is 2.28. The minimum Gasteiger partial charge on any atom is -0.383 e. The summed E-state index contributed by atoms with van der Waals surface area (Å²) in [6.07, 6.45) is 1.68. The van der Waals surface area contributed by atoms with Crippen LogP contribution in [-0.2, 0) is 11.3 Å². The van der Waals surface area contributed by atoms with Crippen molar-refractivity contribution in [3.63, 3.8) is 0 Å². The third-order valence-corrected chi connectivity index (χ3v) is 2.28. The lowest BCUT2D eigenvalue weighted by atomic mass is 10.3. The zero-order valence-electron chi connectivity index (χ0n) is 9.04. The Morgan fingerprint density at radius 1 is 1.56 bits per heavy atom. The summed E-state index contributed by atoms with van der Waals surface area (Å²) in [4.78, 5) is 11.8. The van der Waals surface area contributed by atoms with E-state index in [-0.39, 0.29) is 11.7 Å². The maximum absolute atomic E-state index is 11.8. The standard InChI is InChI=1S/C10H14N4O2/c1-16-7-8(11)6-14-10(15)13-5-3-2-4-9(13)12-14/h2-5,8H,6-7,11H2,1H3. The quantitative estimate of drug-likeness (QED) is 0.754. The number of rotatable bonds is 4. The van der Waals surface area contributed by atoms with Crippen LogP contribution in [-0.4, -0.2) is 33.9 Å². The number of ether oxygens (including phenoxy) is 1. The monoisotopic (exact) mass is 222 g/mol. The van der Waals surface area contributed by atoms with E-state index in [9.17, 15) is 4.79 Å². The van der Waals surface area contributed by atoms with Gasteiger partial charge in [0, 0.05) is 19.3 Å². The lowest BCUT2D eigenvalue weighted by Crippen LogP contribution is -2.35. The maximum Gasteiger partial charge on any atom is 0.350 e. The molecule has 6 nitrogen and oxygen atoms in total. The van der Waals surface area contributed by atoms with Crippen molar-refractivity contribution < 1.29 is 4.74 Å². The number of hydrogen-bond donors (Lipinski definition) is 1. The van der Waals surface area contributed by atoms with Crippen LogP contribution < -0.4 is 11.4 Å². The molecule has 6 heteroatoms. The van der Waals surface area contributed by atoms with E-state index in [4.69, 9.17) is 10.5 Å². The molecule has 0 fully saturated rings. The van der Waals surface area contributed by atoms with Gasteiger partial charge in [0.15, 0.2) is 5.65 Å². The van der Waals surface area contributed by atoms with Gasteiger partial charge in [-0.05, 0) is 12.1 Å². The van der Waals surface area contributed by atoms with Gasteiger partial charge in [0.1, 0.15) is 0 Å². The molecule has 0 bridgehead atoms. The molecule has 0 saturated carbocycles. The number of nitrogens with zero attached hydrogens (tertiary/aromatic N) is 3. The molecule has 0 spiro atoms. The lowest BCUT2D eigenvalue weighted by Gasteiger charge is -2.08. The second-order valence-electron chi connectivity index (χ2n) is 3.61. The summed E-state index contributed by atoms with van der Waals surface area (Å²) in [5.74, 6) is 0. The molecule has 0 aliphatic rings. The van der Waals surface area contributed by atoms with Crippen LogP contribution in [0.25, 0.3) is 5.65 Å². The Balaban J connectivity index is 2.31. The fourth-order valence-electron chi connectivity index (χ4n) is 1.58. The van der Waals surface area contributed by atoms with Crippen LogP contribution in [0.1, 0.15) is 0 Å². The average Bonchev–Trinajstić information content (AvgIpc) is 2.57. The second kappa shape index (κ2) is 4.46. The summed E-state index contributed by atoms with van der Waals surface area (Å²) in [7, 11) is 1.58. The molecule has 2 aromatic rings. The first-order valence-corrected chi connectivity index (χ1v) is 5.01. The van der Waals surface area contributed by atoms with Crippen molar-refractivity contribution >= 4 is 5.65 Å². The van der Waals surface area contributed by atoms with Gasteiger partial charge in [-0.3, -0.25) is 4.40 Å². The molecular formula is C10H14N4O2. The topological polar surface area (TPSA) is 74.6 Å². The molecule has 86 valence electrons. The highest BCUT2D eigenvalue weighted by atomic mass is 16.5. The van der Waals surface area contributed by atoms with Gasteiger partial charge < -0.3 is 10.5 Å². The Labute approximate surface area is 92.2 Å². The van der Waals surface area contributed by atoms with E-state index >= 15 is 0 Å². The van der Waals surface area contributed by atoms with Crippen LogP contribution in [0, 0.1) is 0 Å². The van der Waals surface area contributed by atoms with E-state index in [0.29, 0.717) is 18.8 Å². The molecule has 16 heavy (non-hydrogen) atoms. The number of aromatic nitrogens is 3. The molecule has 0 radical (unpaired) electrons. The fraction of sp³-hybridized carbons (Fsp3) is 0.400. The minimum atomic E-state index is -0.229. The van der Waals surface area contributed by atoms with Crippen molar-refractivity contribution in [3.05, 3.63) is 34.9 Å². The van der Waals surface area contributed by atoms with Gasteiger partial charge in [-0.2, -0.15) is 0 Å². The summed E-state index contributed by atoms with van der Waals surface area (Å²) in [5.41, 5.74) is 6.22. The van der Waals surface area contributed by atoms with Gasteiger partial charge in [0.25, 0.3) is 0 Å². The van der Waals surface area contributed by atoms with E-state index in [1.165, 1.54) is 9.08 Å². The van der Waals surface area contributed by atoms with Crippen molar-refractivity contribution in [1.29, 1.82) is 0 Å². The van der Waals surface area contributed by atoms with E-state index in [1.807, 2.05) is 6.07 Å². The van der Waals surface area contributed by atoms with Crippen molar-refractivity contribution in [2.75, 3.05) is 13.7 Å². The van der Waals surface area contributed by atoms with Crippen LogP contribution in [0.2, 0.25) is 0 Å². The van der Waals surface area contributed by atoms with Gasteiger partial charge in [-0.1, -0.05) is 6.07 Å². The summed E-state index contributed by atoms with van der Waals surface area (Å²) in [6, 6.07) is 5.17. The zero-order valence-corrected chi connectivity index (χ0v) is 9.04. The molecule has 0 aromatic carbocycles. The molecule has 2 N–H and O–H groups in total. The Bertz CT molecular complexity index is 531. The smallest absolute Gasteiger partial charge is 0.350 e.